The summed E-state index contributed by atoms with van der Waals surface area (Å²) in [5, 5.41) is 10.6. The second-order valence-electron chi connectivity index (χ2n) is 2.92. The zero-order valence-corrected chi connectivity index (χ0v) is 10.4. The van der Waals surface area contributed by atoms with E-state index in [0.717, 1.165) is 13.2 Å². The fourth-order valence-electron chi connectivity index (χ4n) is 1.08. The van der Waals surface area contributed by atoms with E-state index in [1.807, 2.05) is 0 Å². The summed E-state index contributed by atoms with van der Waals surface area (Å²) in [6.45, 7) is 0. The van der Waals surface area contributed by atoms with E-state index in [9.17, 15) is 23.3 Å². The van der Waals surface area contributed by atoms with Gasteiger partial charge in [-0.1, -0.05) is 15.9 Å². The molecule has 0 radical (unpaired) electrons. The molecule has 0 unspecified atom stereocenters. The predicted molar refractivity (Wildman–Crippen MR) is 56.8 cm³/mol. The minimum atomic E-state index is -4.98. The van der Waals surface area contributed by atoms with Crippen LogP contribution in [-0.4, -0.2) is 23.4 Å². The van der Waals surface area contributed by atoms with Crippen molar-refractivity contribution >= 4 is 21.7 Å². The molecule has 0 aliphatic rings. The smallest absolute Gasteiger partial charge is 0.489 e. The van der Waals surface area contributed by atoms with Gasteiger partial charge in [0, 0.05) is 16.4 Å². The van der Waals surface area contributed by atoms with Gasteiger partial charge in [-0.3, -0.25) is 0 Å². The van der Waals surface area contributed by atoms with Gasteiger partial charge in [-0.25, -0.2) is 0 Å². The molecule has 0 atom stereocenters. The highest BCUT2D eigenvalue weighted by Crippen LogP contribution is 2.34. The maximum atomic E-state index is 12.1. The van der Waals surface area contributed by atoms with Gasteiger partial charge in [-0.05, 0) is 4.92 Å². The molecule has 0 spiro atoms. The van der Waals surface area contributed by atoms with E-state index in [1.54, 1.807) is 0 Å². The zero-order valence-electron chi connectivity index (χ0n) is 8.82. The van der Waals surface area contributed by atoms with Crippen molar-refractivity contribution in [3.05, 3.63) is 21.7 Å². The molecule has 6 nitrogen and oxygen atoms in total. The summed E-state index contributed by atoms with van der Waals surface area (Å²) in [5.74, 6) is -1.97. The van der Waals surface area contributed by atoms with Crippen LogP contribution in [0, 0.1) is 10.1 Å². The first kappa shape index (κ1) is 14.5. The third-order valence-electron chi connectivity index (χ3n) is 1.76. The van der Waals surface area contributed by atoms with Crippen LogP contribution >= 0.6 is 15.9 Å². The van der Waals surface area contributed by atoms with Gasteiger partial charge in [0.25, 0.3) is 0 Å². The normalized spacial score (nSPS) is 11.2. The fourth-order valence-corrected chi connectivity index (χ4v) is 1.48. The van der Waals surface area contributed by atoms with Gasteiger partial charge in [0.1, 0.15) is 0 Å². The van der Waals surface area contributed by atoms with Gasteiger partial charge < -0.3 is 19.6 Å². The SMILES string of the molecule is COc1cc(CBr)c(OC(F)(F)F)nc1[N+](=O)[O-]. The van der Waals surface area contributed by atoms with E-state index in [1.165, 1.54) is 0 Å². The average Bonchev–Trinajstić information content (AvgIpc) is 2.26. The number of ether oxygens (including phenoxy) is 2. The lowest BCUT2D eigenvalue weighted by molar-refractivity contribution is -0.390. The molecule has 0 aliphatic carbocycles. The molecule has 0 saturated carbocycles. The molecular formula is C8H6BrF3N2O4. The summed E-state index contributed by atoms with van der Waals surface area (Å²) in [6.07, 6.45) is -4.98. The largest absolute Gasteiger partial charge is 0.575 e. The maximum absolute atomic E-state index is 12.1. The lowest BCUT2D eigenvalue weighted by atomic mass is 10.3. The van der Waals surface area contributed by atoms with Gasteiger partial charge in [0.2, 0.25) is 5.75 Å². The number of pyridine rings is 1. The molecule has 0 N–H and O–H groups in total. The molecule has 100 valence electrons. The summed E-state index contributed by atoms with van der Waals surface area (Å²) in [6, 6.07) is 1.06. The predicted octanol–water partition coefficient (Wildman–Crippen LogP) is 2.79. The van der Waals surface area contributed by atoms with Crippen LogP contribution in [0.2, 0.25) is 0 Å². The van der Waals surface area contributed by atoms with Crippen molar-refractivity contribution in [2.75, 3.05) is 7.11 Å². The van der Waals surface area contributed by atoms with Gasteiger partial charge in [0.05, 0.1) is 12.7 Å². The zero-order chi connectivity index (χ0) is 13.9. The van der Waals surface area contributed by atoms with Crippen LogP contribution in [0.15, 0.2) is 6.07 Å². The van der Waals surface area contributed by atoms with E-state index in [4.69, 9.17) is 0 Å². The third kappa shape index (κ3) is 3.45. The van der Waals surface area contributed by atoms with E-state index in [-0.39, 0.29) is 16.6 Å². The summed E-state index contributed by atoms with van der Waals surface area (Å²) >= 11 is 2.93. The van der Waals surface area contributed by atoms with Crippen molar-refractivity contribution in [1.29, 1.82) is 0 Å². The highest BCUT2D eigenvalue weighted by atomic mass is 79.9. The molecule has 0 aromatic carbocycles. The number of aromatic nitrogens is 1. The van der Waals surface area contributed by atoms with Crippen LogP contribution < -0.4 is 9.47 Å². The number of rotatable bonds is 4. The molecule has 1 heterocycles. The molecule has 0 bridgehead atoms. The molecule has 0 fully saturated rings. The van der Waals surface area contributed by atoms with Gasteiger partial charge >= 0.3 is 18.1 Å². The number of hydrogen-bond donors (Lipinski definition) is 0. The molecule has 18 heavy (non-hydrogen) atoms. The highest BCUT2D eigenvalue weighted by molar-refractivity contribution is 9.08. The van der Waals surface area contributed by atoms with Crippen molar-refractivity contribution < 1.29 is 27.6 Å². The molecule has 1 rings (SSSR count). The standard InChI is InChI=1S/C8H6BrF3N2O4/c1-17-5-2-4(3-9)7(18-8(10,11)12)13-6(5)14(15)16/h2H,3H2,1H3. The second-order valence-corrected chi connectivity index (χ2v) is 3.48. The van der Waals surface area contributed by atoms with E-state index in [2.05, 4.69) is 30.4 Å². The molecule has 0 aliphatic heterocycles. The van der Waals surface area contributed by atoms with Crippen LogP contribution in [0.25, 0.3) is 0 Å². The van der Waals surface area contributed by atoms with E-state index < -0.39 is 23.0 Å². The van der Waals surface area contributed by atoms with Gasteiger partial charge in [-0.2, -0.15) is 0 Å². The first-order valence-electron chi connectivity index (χ1n) is 4.32. The van der Waals surface area contributed by atoms with Crippen molar-refractivity contribution in [1.82, 2.24) is 4.98 Å². The number of methoxy groups -OCH3 is 1. The van der Waals surface area contributed by atoms with E-state index >= 15 is 0 Å². The topological polar surface area (TPSA) is 74.5 Å². The molecule has 10 heteroatoms. The Morgan fingerprint density at radius 2 is 2.17 bits per heavy atom. The summed E-state index contributed by atoms with van der Waals surface area (Å²) in [5.41, 5.74) is -0.0187. The number of alkyl halides is 4. The minimum Gasteiger partial charge on any atom is -0.489 e. The van der Waals surface area contributed by atoms with Crippen LogP contribution in [-0.2, 0) is 5.33 Å². The Kier molecular flexibility index (Phi) is 4.33. The maximum Gasteiger partial charge on any atom is 0.575 e. The Morgan fingerprint density at radius 1 is 1.56 bits per heavy atom. The molecule has 0 amide bonds. The average molecular weight is 331 g/mol. The number of nitrogens with zero attached hydrogens (tertiary/aromatic N) is 2. The van der Waals surface area contributed by atoms with Crippen molar-refractivity contribution in [3.63, 3.8) is 0 Å². The Bertz CT molecular complexity index is 466. The number of halogens is 4. The van der Waals surface area contributed by atoms with Crippen LogP contribution in [0.5, 0.6) is 11.6 Å². The summed E-state index contributed by atoms with van der Waals surface area (Å²) in [7, 11) is 1.15. The Morgan fingerprint density at radius 3 is 2.56 bits per heavy atom. The molecular weight excluding hydrogens is 325 g/mol. The van der Waals surface area contributed by atoms with Crippen molar-refractivity contribution in [2.45, 2.75) is 11.7 Å². The van der Waals surface area contributed by atoms with Gasteiger partial charge in [0.15, 0.2) is 0 Å². The first-order valence-corrected chi connectivity index (χ1v) is 5.44. The fraction of sp³-hybridized carbons (Fsp3) is 0.375. The highest BCUT2D eigenvalue weighted by Gasteiger charge is 2.36. The number of hydrogen-bond acceptors (Lipinski definition) is 5. The number of nitro groups is 1. The summed E-state index contributed by atoms with van der Waals surface area (Å²) < 4.78 is 44.6. The first-order chi connectivity index (χ1) is 8.28. The van der Waals surface area contributed by atoms with Crippen LogP contribution in [0.1, 0.15) is 5.56 Å². The monoisotopic (exact) mass is 330 g/mol. The Labute approximate surface area is 107 Å². The Hall–Kier alpha value is -1.58. The lowest BCUT2D eigenvalue weighted by Gasteiger charge is -2.09. The quantitative estimate of drug-likeness (QED) is 0.482. The van der Waals surface area contributed by atoms with Crippen molar-refractivity contribution in [3.8, 4) is 11.6 Å². The lowest BCUT2D eigenvalue weighted by Crippen LogP contribution is -2.19. The van der Waals surface area contributed by atoms with E-state index in [0.29, 0.717) is 0 Å². The van der Waals surface area contributed by atoms with Gasteiger partial charge in [-0.15, -0.1) is 13.2 Å². The molecule has 0 saturated heterocycles. The second kappa shape index (κ2) is 5.38. The Balaban J connectivity index is 3.32. The van der Waals surface area contributed by atoms with Crippen LogP contribution in [0.4, 0.5) is 19.0 Å². The third-order valence-corrected chi connectivity index (χ3v) is 2.36. The minimum absolute atomic E-state index is 0.0187. The van der Waals surface area contributed by atoms with Crippen molar-refractivity contribution in [2.24, 2.45) is 0 Å². The molecule has 1 aromatic rings. The summed E-state index contributed by atoms with van der Waals surface area (Å²) in [4.78, 5) is 12.9. The van der Waals surface area contributed by atoms with Crippen LogP contribution in [0.3, 0.4) is 0 Å². The molecule has 1 aromatic heterocycles.